The van der Waals surface area contributed by atoms with Crippen molar-refractivity contribution in [3.63, 3.8) is 0 Å². The number of hydrogen-bond donors (Lipinski definition) is 1. The molecule has 0 bridgehead atoms. The van der Waals surface area contributed by atoms with Gasteiger partial charge in [0.15, 0.2) is 11.6 Å². The molecule has 3 heteroatoms. The lowest BCUT2D eigenvalue weighted by atomic mass is 10.2. The molecule has 12 heavy (non-hydrogen) atoms. The van der Waals surface area contributed by atoms with Gasteiger partial charge in [-0.05, 0) is 24.6 Å². The number of hydrogen-bond acceptors (Lipinski definition) is 2. The van der Waals surface area contributed by atoms with Gasteiger partial charge in [0.2, 0.25) is 0 Å². The zero-order valence-electron chi connectivity index (χ0n) is 6.88. The number of halogens is 1. The molecule has 2 nitrogen and oxygen atoms in total. The van der Waals surface area contributed by atoms with Crippen molar-refractivity contribution in [3.05, 3.63) is 29.6 Å². The molecule has 1 aromatic rings. The van der Waals surface area contributed by atoms with Gasteiger partial charge in [0.25, 0.3) is 0 Å². The number of aromatic hydroxyl groups is 1. The van der Waals surface area contributed by atoms with Gasteiger partial charge in [-0.2, -0.15) is 0 Å². The van der Waals surface area contributed by atoms with Crippen molar-refractivity contribution < 1.29 is 14.2 Å². The van der Waals surface area contributed by atoms with Crippen LogP contribution >= 0.6 is 0 Å². The van der Waals surface area contributed by atoms with E-state index in [-0.39, 0.29) is 5.75 Å². The van der Waals surface area contributed by atoms with E-state index in [1.165, 1.54) is 12.1 Å². The van der Waals surface area contributed by atoms with Crippen molar-refractivity contribution in [2.45, 2.75) is 13.5 Å². The molecule has 0 aromatic heterocycles. The molecule has 0 radical (unpaired) electrons. The summed E-state index contributed by atoms with van der Waals surface area (Å²) >= 11 is 0. The highest BCUT2D eigenvalue weighted by Gasteiger charge is 2.00. The van der Waals surface area contributed by atoms with Gasteiger partial charge >= 0.3 is 0 Å². The van der Waals surface area contributed by atoms with E-state index in [0.29, 0.717) is 13.2 Å². The highest BCUT2D eigenvalue weighted by atomic mass is 19.1. The number of phenolic OH excluding ortho intramolecular Hbond substituents is 1. The summed E-state index contributed by atoms with van der Waals surface area (Å²) in [6.45, 7) is 2.85. The van der Waals surface area contributed by atoms with Crippen LogP contribution in [0.25, 0.3) is 0 Å². The maximum absolute atomic E-state index is 12.7. The van der Waals surface area contributed by atoms with Crippen LogP contribution in [0.5, 0.6) is 5.75 Å². The number of rotatable bonds is 3. The van der Waals surface area contributed by atoms with Crippen LogP contribution in [0.2, 0.25) is 0 Å². The van der Waals surface area contributed by atoms with E-state index < -0.39 is 5.82 Å². The zero-order chi connectivity index (χ0) is 8.97. The SMILES string of the molecule is CCOCc1ccc(O)c(F)c1. The monoisotopic (exact) mass is 170 g/mol. The molecule has 1 aromatic carbocycles. The fourth-order valence-electron chi connectivity index (χ4n) is 0.860. The van der Waals surface area contributed by atoms with Crippen molar-refractivity contribution >= 4 is 0 Å². The molecule has 0 aliphatic heterocycles. The quantitative estimate of drug-likeness (QED) is 0.752. The lowest BCUT2D eigenvalue weighted by molar-refractivity contribution is 0.134. The minimum atomic E-state index is -0.604. The fraction of sp³-hybridized carbons (Fsp3) is 0.333. The fourth-order valence-corrected chi connectivity index (χ4v) is 0.860. The summed E-state index contributed by atoms with van der Waals surface area (Å²) in [6.07, 6.45) is 0. The molecule has 1 rings (SSSR count). The molecular weight excluding hydrogens is 159 g/mol. The topological polar surface area (TPSA) is 29.5 Å². The molecule has 0 unspecified atom stereocenters. The summed E-state index contributed by atoms with van der Waals surface area (Å²) in [6, 6.07) is 4.22. The van der Waals surface area contributed by atoms with Crippen LogP contribution < -0.4 is 0 Å². The van der Waals surface area contributed by atoms with E-state index >= 15 is 0 Å². The third-order valence-corrected chi connectivity index (χ3v) is 1.48. The Bertz CT molecular complexity index is 261. The largest absolute Gasteiger partial charge is 0.505 e. The summed E-state index contributed by atoms with van der Waals surface area (Å²) in [5.74, 6) is -0.928. The van der Waals surface area contributed by atoms with Crippen molar-refractivity contribution in [1.82, 2.24) is 0 Å². The Morgan fingerprint density at radius 3 is 2.83 bits per heavy atom. The van der Waals surface area contributed by atoms with E-state index in [1.54, 1.807) is 6.07 Å². The van der Waals surface area contributed by atoms with Gasteiger partial charge in [-0.3, -0.25) is 0 Å². The third-order valence-electron chi connectivity index (χ3n) is 1.48. The van der Waals surface area contributed by atoms with Crippen LogP contribution in [0.4, 0.5) is 4.39 Å². The molecule has 66 valence electrons. The molecule has 1 N–H and O–H groups in total. The summed E-state index contributed by atoms with van der Waals surface area (Å²) in [5.41, 5.74) is 0.729. The normalized spacial score (nSPS) is 10.2. The zero-order valence-corrected chi connectivity index (χ0v) is 6.88. The van der Waals surface area contributed by atoms with Gasteiger partial charge < -0.3 is 9.84 Å². The van der Waals surface area contributed by atoms with Gasteiger partial charge in [0.1, 0.15) is 0 Å². The minimum absolute atomic E-state index is 0.324. The highest BCUT2D eigenvalue weighted by molar-refractivity contribution is 5.27. The van der Waals surface area contributed by atoms with E-state index in [0.717, 1.165) is 5.56 Å². The lowest BCUT2D eigenvalue weighted by Crippen LogP contribution is -1.92. The Labute approximate surface area is 70.6 Å². The maximum Gasteiger partial charge on any atom is 0.165 e. The number of ether oxygens (including phenoxy) is 1. The predicted molar refractivity (Wildman–Crippen MR) is 43.4 cm³/mol. The Hall–Kier alpha value is -1.09. The van der Waals surface area contributed by atoms with Crippen molar-refractivity contribution in [3.8, 4) is 5.75 Å². The Balaban J connectivity index is 2.69. The first-order valence-corrected chi connectivity index (χ1v) is 3.79. The smallest absolute Gasteiger partial charge is 0.165 e. The number of benzene rings is 1. The Kier molecular flexibility index (Phi) is 3.05. The summed E-state index contributed by atoms with van der Waals surface area (Å²) in [4.78, 5) is 0. The van der Waals surface area contributed by atoms with Crippen molar-refractivity contribution in [2.24, 2.45) is 0 Å². The van der Waals surface area contributed by atoms with E-state index in [9.17, 15) is 4.39 Å². The average molecular weight is 170 g/mol. The summed E-state index contributed by atoms with van der Waals surface area (Å²) < 4.78 is 17.8. The van der Waals surface area contributed by atoms with Crippen LogP contribution in [0.3, 0.4) is 0 Å². The molecule has 0 aliphatic carbocycles. The van der Waals surface area contributed by atoms with Crippen LogP contribution in [0.1, 0.15) is 12.5 Å². The first-order valence-electron chi connectivity index (χ1n) is 3.79. The first kappa shape index (κ1) is 9.00. The molecule has 0 spiro atoms. The van der Waals surface area contributed by atoms with E-state index in [2.05, 4.69) is 0 Å². The van der Waals surface area contributed by atoms with Crippen LogP contribution in [-0.2, 0) is 11.3 Å². The number of phenols is 1. The molecular formula is C9H11FO2. The third kappa shape index (κ3) is 2.20. The second kappa shape index (κ2) is 4.07. The molecule has 0 saturated carbocycles. The predicted octanol–water partition coefficient (Wildman–Crippen LogP) is 2.07. The van der Waals surface area contributed by atoms with Gasteiger partial charge in [-0.25, -0.2) is 4.39 Å². The van der Waals surface area contributed by atoms with E-state index in [4.69, 9.17) is 9.84 Å². The van der Waals surface area contributed by atoms with E-state index in [1.807, 2.05) is 6.92 Å². The molecule has 0 amide bonds. The molecule has 0 fully saturated rings. The second-order valence-electron chi connectivity index (χ2n) is 2.42. The summed E-state index contributed by atoms with van der Waals surface area (Å²) in [7, 11) is 0. The van der Waals surface area contributed by atoms with Crippen LogP contribution in [0, 0.1) is 5.82 Å². The van der Waals surface area contributed by atoms with Crippen molar-refractivity contribution in [1.29, 1.82) is 0 Å². The molecule has 0 aliphatic rings. The van der Waals surface area contributed by atoms with Crippen LogP contribution in [0.15, 0.2) is 18.2 Å². The highest BCUT2D eigenvalue weighted by Crippen LogP contribution is 2.16. The summed E-state index contributed by atoms with van der Waals surface area (Å²) in [5, 5.41) is 8.85. The average Bonchev–Trinajstić information content (AvgIpc) is 2.07. The van der Waals surface area contributed by atoms with Gasteiger partial charge in [0.05, 0.1) is 6.61 Å². The molecule has 0 atom stereocenters. The first-order chi connectivity index (χ1) is 5.74. The molecule has 0 saturated heterocycles. The van der Waals surface area contributed by atoms with Gasteiger partial charge in [-0.1, -0.05) is 6.07 Å². The molecule has 0 heterocycles. The standard InChI is InChI=1S/C9H11FO2/c1-2-12-6-7-3-4-9(11)8(10)5-7/h3-5,11H,2,6H2,1H3. The second-order valence-corrected chi connectivity index (χ2v) is 2.42. The minimum Gasteiger partial charge on any atom is -0.505 e. The maximum atomic E-state index is 12.7. The van der Waals surface area contributed by atoms with Gasteiger partial charge in [-0.15, -0.1) is 0 Å². The van der Waals surface area contributed by atoms with Crippen LogP contribution in [-0.4, -0.2) is 11.7 Å². The lowest BCUT2D eigenvalue weighted by Gasteiger charge is -2.01. The van der Waals surface area contributed by atoms with Gasteiger partial charge in [0, 0.05) is 6.61 Å². The Morgan fingerprint density at radius 1 is 1.50 bits per heavy atom. The van der Waals surface area contributed by atoms with Crippen molar-refractivity contribution in [2.75, 3.05) is 6.61 Å². The Morgan fingerprint density at radius 2 is 2.25 bits per heavy atom.